The van der Waals surface area contributed by atoms with E-state index >= 15 is 0 Å². The van der Waals surface area contributed by atoms with E-state index in [4.69, 9.17) is 9.47 Å². The molecule has 3 amide bonds. The minimum absolute atomic E-state index is 0.134. The lowest BCUT2D eigenvalue weighted by Gasteiger charge is -2.26. The Hall–Kier alpha value is -3.71. The summed E-state index contributed by atoms with van der Waals surface area (Å²) in [6, 6.07) is 3.88. The van der Waals surface area contributed by atoms with Gasteiger partial charge >= 0.3 is 18.0 Å². The molecule has 4 atom stereocenters. The zero-order chi connectivity index (χ0) is 27.5. The number of benzene rings is 1. The molecule has 0 spiro atoms. The summed E-state index contributed by atoms with van der Waals surface area (Å²) in [4.78, 5) is 61.5. The molecule has 0 heterocycles. The highest BCUT2D eigenvalue weighted by Gasteiger charge is 2.37. The summed E-state index contributed by atoms with van der Waals surface area (Å²) in [6.45, 7) is 5.12. The van der Waals surface area contributed by atoms with Crippen LogP contribution in [0.2, 0.25) is 0 Å². The first-order valence-electron chi connectivity index (χ1n) is 11.0. The molecule has 5 N–H and O–H groups in total. The Labute approximate surface area is 208 Å². The Bertz CT molecular complexity index is 916. The number of amides is 3. The Balaban J connectivity index is 2.90. The molecule has 36 heavy (non-hydrogen) atoms. The van der Waals surface area contributed by atoms with Gasteiger partial charge in [-0.2, -0.15) is 0 Å². The molecule has 13 heteroatoms. The van der Waals surface area contributed by atoms with E-state index in [-0.39, 0.29) is 6.61 Å². The number of methoxy groups -OCH3 is 1. The monoisotopic (exact) mass is 511 g/mol. The number of nitrogens with one attached hydrogen (secondary N) is 3. The van der Waals surface area contributed by atoms with Crippen LogP contribution >= 0.6 is 0 Å². The fourth-order valence-electron chi connectivity index (χ4n) is 2.64. The first-order chi connectivity index (χ1) is 16.8. The normalized spacial score (nSPS) is 14.3. The highest BCUT2D eigenvalue weighted by atomic mass is 16.6. The van der Waals surface area contributed by atoms with Gasteiger partial charge in [-0.3, -0.25) is 9.59 Å². The number of hydrogen-bond donors (Lipinski definition) is 5. The maximum absolute atomic E-state index is 12.8. The summed E-state index contributed by atoms with van der Waals surface area (Å²) in [5.41, 5.74) is -0.176. The van der Waals surface area contributed by atoms with Gasteiger partial charge in [0.15, 0.2) is 12.1 Å². The van der Waals surface area contributed by atoms with Gasteiger partial charge in [0.25, 0.3) is 0 Å². The van der Waals surface area contributed by atoms with E-state index in [2.05, 4.69) is 20.7 Å². The number of carbonyl (C=O) groups excluding carboxylic acids is 5. The van der Waals surface area contributed by atoms with Crippen LogP contribution in [0.25, 0.3) is 0 Å². The van der Waals surface area contributed by atoms with Crippen molar-refractivity contribution in [3.05, 3.63) is 35.9 Å². The Morgan fingerprint density at radius 3 is 2.08 bits per heavy atom. The number of ether oxygens (including phenoxy) is 3. The molecule has 1 aromatic rings. The summed E-state index contributed by atoms with van der Waals surface area (Å²) < 4.78 is 14.5. The zero-order valence-electron chi connectivity index (χ0n) is 20.8. The highest BCUT2D eigenvalue weighted by molar-refractivity contribution is 5.96. The highest BCUT2D eigenvalue weighted by Crippen LogP contribution is 2.07. The largest absolute Gasteiger partial charge is 0.467 e. The third kappa shape index (κ3) is 10.3. The van der Waals surface area contributed by atoms with Gasteiger partial charge in [-0.25, -0.2) is 14.4 Å². The lowest BCUT2D eigenvalue weighted by atomic mass is 10.1. The van der Waals surface area contributed by atoms with Gasteiger partial charge in [-0.15, -0.1) is 0 Å². The maximum Gasteiger partial charge on any atom is 0.408 e. The van der Waals surface area contributed by atoms with E-state index in [1.165, 1.54) is 6.92 Å². The van der Waals surface area contributed by atoms with Crippen LogP contribution in [-0.4, -0.2) is 83.6 Å². The van der Waals surface area contributed by atoms with Crippen molar-refractivity contribution >= 4 is 29.8 Å². The predicted molar refractivity (Wildman–Crippen MR) is 124 cm³/mol. The van der Waals surface area contributed by atoms with Crippen LogP contribution in [0.3, 0.4) is 0 Å². The molecule has 0 bridgehead atoms. The van der Waals surface area contributed by atoms with Gasteiger partial charge in [0.05, 0.1) is 13.7 Å². The van der Waals surface area contributed by atoms with Gasteiger partial charge < -0.3 is 40.4 Å². The second-order valence-electron chi connectivity index (χ2n) is 8.66. The molecule has 0 saturated heterocycles. The predicted octanol–water partition coefficient (Wildman–Crippen LogP) is -0.861. The van der Waals surface area contributed by atoms with E-state index in [9.17, 15) is 34.2 Å². The van der Waals surface area contributed by atoms with Crippen molar-refractivity contribution in [2.75, 3.05) is 13.7 Å². The van der Waals surface area contributed by atoms with Crippen molar-refractivity contribution in [1.29, 1.82) is 0 Å². The number of aliphatic hydroxyl groups is 2. The summed E-state index contributed by atoms with van der Waals surface area (Å²) in [5.74, 6) is -4.40. The fraction of sp³-hybridized carbons (Fsp3) is 0.522. The van der Waals surface area contributed by atoms with E-state index < -0.39 is 66.3 Å². The number of esters is 2. The second-order valence-corrected chi connectivity index (χ2v) is 8.66. The lowest BCUT2D eigenvalue weighted by molar-refractivity contribution is -0.156. The summed E-state index contributed by atoms with van der Waals surface area (Å²) in [5, 5.41) is 26.3. The number of carbonyl (C=O) groups is 5. The van der Waals surface area contributed by atoms with Crippen LogP contribution < -0.4 is 16.0 Å². The van der Waals surface area contributed by atoms with Crippen LogP contribution in [-0.2, 0) is 40.0 Å². The van der Waals surface area contributed by atoms with Crippen LogP contribution in [0.4, 0.5) is 4.79 Å². The molecule has 13 nitrogen and oxygen atoms in total. The molecule has 200 valence electrons. The third-order valence-electron chi connectivity index (χ3n) is 4.47. The van der Waals surface area contributed by atoms with E-state index in [0.717, 1.165) is 7.11 Å². The van der Waals surface area contributed by atoms with Crippen LogP contribution in [0.1, 0.15) is 33.3 Å². The molecule has 0 radical (unpaired) electrons. The van der Waals surface area contributed by atoms with Gasteiger partial charge in [0.1, 0.15) is 24.3 Å². The van der Waals surface area contributed by atoms with Gasteiger partial charge in [0.2, 0.25) is 11.8 Å². The number of alkyl carbamates (subject to hydrolysis) is 1. The first kappa shape index (κ1) is 30.3. The molecule has 0 aromatic heterocycles. The maximum atomic E-state index is 12.8. The van der Waals surface area contributed by atoms with Crippen LogP contribution in [0.15, 0.2) is 30.3 Å². The summed E-state index contributed by atoms with van der Waals surface area (Å²) in [6.07, 6.45) is -3.09. The van der Waals surface area contributed by atoms with Crippen molar-refractivity contribution in [1.82, 2.24) is 16.0 Å². The topological polar surface area (TPSA) is 190 Å². The summed E-state index contributed by atoms with van der Waals surface area (Å²) in [7, 11) is 0.951. The minimum atomic E-state index is -2.17. The standard InChI is InChI=1S/C23H33N3O10/c1-13(24-22(33)36-23(2,3)4)18(29)26-16(17(28)21(32)34-5)19(30)25-15(11-27)20(31)35-12-14-9-7-6-8-10-14/h6-10,13,15-17,27-28H,11-12H2,1-5H3,(H,24,33)(H,25,30)(H,26,29)/t13-,15+,16+,17+/m1/s1. The fourth-order valence-corrected chi connectivity index (χ4v) is 2.64. The van der Waals surface area contributed by atoms with Crippen molar-refractivity contribution in [2.45, 2.75) is 64.1 Å². The Morgan fingerprint density at radius 1 is 0.944 bits per heavy atom. The molecular formula is C23H33N3O10. The summed E-state index contributed by atoms with van der Waals surface area (Å²) >= 11 is 0. The second kappa shape index (κ2) is 14.0. The molecule has 1 aromatic carbocycles. The number of hydrogen-bond acceptors (Lipinski definition) is 10. The molecule has 0 saturated carbocycles. The SMILES string of the molecule is COC(=O)[C@@H](O)[C@H](NC(=O)[C@@H](C)NC(=O)OC(C)(C)C)C(=O)N[C@@H](CO)C(=O)OCc1ccccc1. The minimum Gasteiger partial charge on any atom is -0.467 e. The molecule has 1 rings (SSSR count). The number of aliphatic hydroxyl groups excluding tert-OH is 2. The molecule has 0 unspecified atom stereocenters. The van der Waals surface area contributed by atoms with Crippen molar-refractivity contribution < 1.29 is 48.4 Å². The number of rotatable bonds is 11. The molecule has 0 aliphatic carbocycles. The Kier molecular flexibility index (Phi) is 11.8. The first-order valence-corrected chi connectivity index (χ1v) is 11.0. The van der Waals surface area contributed by atoms with E-state index in [1.807, 2.05) is 0 Å². The van der Waals surface area contributed by atoms with Crippen LogP contribution in [0, 0.1) is 0 Å². The molecular weight excluding hydrogens is 478 g/mol. The Morgan fingerprint density at radius 2 is 1.56 bits per heavy atom. The van der Waals surface area contributed by atoms with Crippen molar-refractivity contribution in [3.8, 4) is 0 Å². The average molecular weight is 512 g/mol. The molecule has 0 fully saturated rings. The average Bonchev–Trinajstić information content (AvgIpc) is 2.82. The van der Waals surface area contributed by atoms with E-state index in [1.54, 1.807) is 51.1 Å². The molecule has 0 aliphatic rings. The van der Waals surface area contributed by atoms with Gasteiger partial charge in [-0.1, -0.05) is 30.3 Å². The van der Waals surface area contributed by atoms with E-state index in [0.29, 0.717) is 5.56 Å². The lowest BCUT2D eigenvalue weighted by Crippen LogP contribution is -2.61. The quantitative estimate of drug-likeness (QED) is 0.185. The zero-order valence-corrected chi connectivity index (χ0v) is 20.8. The molecule has 0 aliphatic heterocycles. The van der Waals surface area contributed by atoms with Gasteiger partial charge in [-0.05, 0) is 33.3 Å². The van der Waals surface area contributed by atoms with Crippen molar-refractivity contribution in [3.63, 3.8) is 0 Å². The van der Waals surface area contributed by atoms with Crippen molar-refractivity contribution in [2.24, 2.45) is 0 Å². The van der Waals surface area contributed by atoms with Crippen LogP contribution in [0.5, 0.6) is 0 Å². The smallest absolute Gasteiger partial charge is 0.408 e. The van der Waals surface area contributed by atoms with Gasteiger partial charge in [0, 0.05) is 0 Å². The third-order valence-corrected chi connectivity index (χ3v) is 4.47.